The molecule has 0 N–H and O–H groups in total. The maximum Gasteiger partial charge on any atom is -0.00218 e. The van der Waals surface area contributed by atoms with Crippen molar-refractivity contribution in [3.63, 3.8) is 0 Å². The Morgan fingerprint density at radius 2 is 0.773 bits per heavy atom. The highest BCUT2D eigenvalue weighted by atomic mass is 15.1. The van der Waals surface area contributed by atoms with Gasteiger partial charge in [0.1, 0.15) is 0 Å². The first-order chi connectivity index (χ1) is 10.8. The molecule has 1 heteroatoms. The van der Waals surface area contributed by atoms with Crippen LogP contribution < -0.4 is 0 Å². The first kappa shape index (κ1) is 22.0. The maximum atomic E-state index is 2.47. The highest BCUT2D eigenvalue weighted by Crippen LogP contribution is 2.13. The second kappa shape index (κ2) is 19.0. The normalized spacial score (nSPS) is 11.5. The predicted molar refractivity (Wildman–Crippen MR) is 103 cm³/mol. The fourth-order valence-electron chi connectivity index (χ4n) is 3.25. The summed E-state index contributed by atoms with van der Waals surface area (Å²) in [7, 11) is 2.26. The Bertz CT molecular complexity index is 190. The van der Waals surface area contributed by atoms with Crippen molar-refractivity contribution in [2.45, 2.75) is 117 Å². The number of rotatable bonds is 18. The van der Waals surface area contributed by atoms with Crippen LogP contribution >= 0.6 is 0 Å². The molecule has 0 heterocycles. The molecular weight excluding hydrogens is 266 g/mol. The van der Waals surface area contributed by atoms with Crippen molar-refractivity contribution in [1.29, 1.82) is 0 Å². The van der Waals surface area contributed by atoms with E-state index in [0.29, 0.717) is 0 Å². The van der Waals surface area contributed by atoms with Gasteiger partial charge in [-0.25, -0.2) is 0 Å². The molecule has 0 aliphatic rings. The summed E-state index contributed by atoms with van der Waals surface area (Å²) in [5.74, 6) is 0. The molecule has 0 saturated carbocycles. The van der Waals surface area contributed by atoms with E-state index in [4.69, 9.17) is 0 Å². The van der Waals surface area contributed by atoms with Gasteiger partial charge in [0.15, 0.2) is 0 Å². The highest BCUT2D eigenvalue weighted by molar-refractivity contribution is 4.52. The average molecular weight is 312 g/mol. The molecule has 0 spiro atoms. The minimum Gasteiger partial charge on any atom is -0.306 e. The van der Waals surface area contributed by atoms with E-state index in [2.05, 4.69) is 25.8 Å². The van der Waals surface area contributed by atoms with E-state index < -0.39 is 0 Å². The van der Waals surface area contributed by atoms with Crippen molar-refractivity contribution in [3.05, 3.63) is 0 Å². The largest absolute Gasteiger partial charge is 0.306 e. The highest BCUT2D eigenvalue weighted by Gasteiger charge is 1.97. The summed E-state index contributed by atoms with van der Waals surface area (Å²) < 4.78 is 0. The molecular formula is C21H45N. The topological polar surface area (TPSA) is 3.24 Å². The van der Waals surface area contributed by atoms with Gasteiger partial charge in [-0.3, -0.25) is 0 Å². The molecule has 0 radical (unpaired) electrons. The van der Waals surface area contributed by atoms with Gasteiger partial charge >= 0.3 is 0 Å². The summed E-state index contributed by atoms with van der Waals surface area (Å²) in [4.78, 5) is 2.47. The molecule has 0 bridgehead atoms. The molecule has 0 rings (SSSR count). The smallest absolute Gasteiger partial charge is 0.00218 e. The third-order valence-electron chi connectivity index (χ3n) is 4.75. The second-order valence-corrected chi connectivity index (χ2v) is 7.25. The zero-order valence-corrected chi connectivity index (χ0v) is 16.2. The lowest BCUT2D eigenvalue weighted by molar-refractivity contribution is 0.324. The van der Waals surface area contributed by atoms with Gasteiger partial charge in [-0.15, -0.1) is 0 Å². The van der Waals surface area contributed by atoms with E-state index in [9.17, 15) is 0 Å². The average Bonchev–Trinajstić information content (AvgIpc) is 2.51. The van der Waals surface area contributed by atoms with E-state index in [1.807, 2.05) is 0 Å². The molecule has 0 atom stereocenters. The number of nitrogens with zero attached hydrogens (tertiary/aromatic N) is 1. The van der Waals surface area contributed by atoms with E-state index in [1.165, 1.54) is 116 Å². The number of hydrogen-bond acceptors (Lipinski definition) is 1. The minimum absolute atomic E-state index is 1.26. The Hall–Kier alpha value is -0.0400. The first-order valence-electron chi connectivity index (χ1n) is 10.5. The van der Waals surface area contributed by atoms with Gasteiger partial charge in [0.2, 0.25) is 0 Å². The molecule has 22 heavy (non-hydrogen) atoms. The van der Waals surface area contributed by atoms with Gasteiger partial charge < -0.3 is 4.90 Å². The van der Waals surface area contributed by atoms with Gasteiger partial charge in [0, 0.05) is 0 Å². The quantitative estimate of drug-likeness (QED) is 0.242. The fourth-order valence-corrected chi connectivity index (χ4v) is 3.25. The molecule has 134 valence electrons. The molecule has 1 nitrogen and oxygen atoms in total. The van der Waals surface area contributed by atoms with E-state index in [1.54, 1.807) is 0 Å². The van der Waals surface area contributed by atoms with Crippen LogP contribution in [0, 0.1) is 0 Å². The zero-order chi connectivity index (χ0) is 16.3. The third-order valence-corrected chi connectivity index (χ3v) is 4.75. The van der Waals surface area contributed by atoms with Crippen molar-refractivity contribution >= 4 is 0 Å². The summed E-state index contributed by atoms with van der Waals surface area (Å²) in [5.41, 5.74) is 0. The molecule has 0 amide bonds. The van der Waals surface area contributed by atoms with Crippen LogP contribution in [0.5, 0.6) is 0 Å². The Labute approximate surface area is 142 Å². The Morgan fingerprint density at radius 3 is 1.14 bits per heavy atom. The Balaban J connectivity index is 3.00. The van der Waals surface area contributed by atoms with Crippen LogP contribution in [0.2, 0.25) is 0 Å². The van der Waals surface area contributed by atoms with Crippen molar-refractivity contribution in [3.8, 4) is 0 Å². The fraction of sp³-hybridized carbons (Fsp3) is 1.00. The molecule has 0 unspecified atom stereocenters. The standard InChI is InChI=1S/C21H45N/c1-4-6-7-8-9-10-11-12-13-14-15-16-17-18-19-21-22(3)20-5-2/h4-21H2,1-3H3. The van der Waals surface area contributed by atoms with E-state index in [0.717, 1.165) is 0 Å². The molecule has 0 aromatic rings. The molecule has 0 fully saturated rings. The minimum atomic E-state index is 1.26. The lowest BCUT2D eigenvalue weighted by Crippen LogP contribution is -2.20. The molecule has 0 aromatic heterocycles. The van der Waals surface area contributed by atoms with Crippen LogP contribution in [0.3, 0.4) is 0 Å². The van der Waals surface area contributed by atoms with Crippen molar-refractivity contribution in [2.24, 2.45) is 0 Å². The third kappa shape index (κ3) is 18.0. The molecule has 0 aliphatic carbocycles. The molecule has 0 aromatic carbocycles. The lowest BCUT2D eigenvalue weighted by atomic mass is 10.0. The van der Waals surface area contributed by atoms with Crippen LogP contribution in [-0.2, 0) is 0 Å². The van der Waals surface area contributed by atoms with Crippen molar-refractivity contribution < 1.29 is 0 Å². The Kier molecular flexibility index (Phi) is 19.0. The van der Waals surface area contributed by atoms with Crippen LogP contribution in [0.15, 0.2) is 0 Å². The summed E-state index contributed by atoms with van der Waals surface area (Å²) >= 11 is 0. The summed E-state index contributed by atoms with van der Waals surface area (Å²) in [6.07, 6.45) is 23.1. The Morgan fingerprint density at radius 1 is 0.409 bits per heavy atom. The first-order valence-corrected chi connectivity index (χ1v) is 10.5. The van der Waals surface area contributed by atoms with Gasteiger partial charge in [0.25, 0.3) is 0 Å². The van der Waals surface area contributed by atoms with Gasteiger partial charge in [0.05, 0.1) is 0 Å². The van der Waals surface area contributed by atoms with Crippen molar-refractivity contribution in [1.82, 2.24) is 4.90 Å². The summed E-state index contributed by atoms with van der Waals surface area (Å²) in [6, 6.07) is 0. The molecule has 0 aliphatic heterocycles. The van der Waals surface area contributed by atoms with Crippen LogP contribution in [-0.4, -0.2) is 25.0 Å². The summed E-state index contributed by atoms with van der Waals surface area (Å²) in [6.45, 7) is 7.12. The van der Waals surface area contributed by atoms with Crippen LogP contribution in [0.4, 0.5) is 0 Å². The van der Waals surface area contributed by atoms with E-state index in [-0.39, 0.29) is 0 Å². The van der Waals surface area contributed by atoms with Crippen LogP contribution in [0.25, 0.3) is 0 Å². The second-order valence-electron chi connectivity index (χ2n) is 7.25. The van der Waals surface area contributed by atoms with Crippen LogP contribution in [0.1, 0.15) is 117 Å². The van der Waals surface area contributed by atoms with Gasteiger partial charge in [-0.05, 0) is 33.0 Å². The van der Waals surface area contributed by atoms with Crippen molar-refractivity contribution in [2.75, 3.05) is 20.1 Å². The number of unbranched alkanes of at least 4 members (excludes halogenated alkanes) is 14. The van der Waals surface area contributed by atoms with E-state index >= 15 is 0 Å². The lowest BCUT2D eigenvalue weighted by Gasteiger charge is -2.14. The molecule has 0 saturated heterocycles. The monoisotopic (exact) mass is 311 g/mol. The predicted octanol–water partition coefficient (Wildman–Crippen LogP) is 7.20. The van der Waals surface area contributed by atoms with Gasteiger partial charge in [-0.2, -0.15) is 0 Å². The SMILES string of the molecule is CCCCCCCCCCCCCCCCCN(C)CCC. The zero-order valence-electron chi connectivity index (χ0n) is 16.2. The summed E-state index contributed by atoms with van der Waals surface area (Å²) in [5, 5.41) is 0. The van der Waals surface area contributed by atoms with Gasteiger partial charge in [-0.1, -0.05) is 104 Å². The maximum absolute atomic E-state index is 2.47. The number of hydrogen-bond donors (Lipinski definition) is 0.